The van der Waals surface area contributed by atoms with E-state index in [-0.39, 0.29) is 0 Å². The fourth-order valence-electron chi connectivity index (χ4n) is 0.660. The topological polar surface area (TPSA) is 147 Å². The van der Waals surface area contributed by atoms with Gasteiger partial charge in [-0.15, -0.1) is 0 Å². The fraction of sp³-hybridized carbons (Fsp3) is 1.00. The average molecular weight is 183 g/mol. The summed E-state index contributed by atoms with van der Waals surface area (Å²) < 4.78 is 0. The number of hydrogen-bond donors (Lipinski definition) is 7. The van der Waals surface area contributed by atoms with E-state index in [0.29, 0.717) is 0 Å². The normalized spacial score (nSPS) is 13.5. The van der Waals surface area contributed by atoms with Crippen LogP contribution in [-0.2, 0) is 0 Å². The molecule has 0 fully saturated rings. The second-order valence-corrected chi connectivity index (χ2v) is 2.54. The van der Waals surface area contributed by atoms with E-state index in [2.05, 4.69) is 0 Å². The molecule has 0 radical (unpaired) electrons. The monoisotopic (exact) mass is 183 g/mol. The highest BCUT2D eigenvalue weighted by atomic mass is 16.5. The summed E-state index contributed by atoms with van der Waals surface area (Å²) in [4.78, 5) is 0. The SMILES string of the molecule is NC(CC(O)O)(C(O)O)C(O)O. The molecule has 0 aromatic heterocycles. The van der Waals surface area contributed by atoms with Crippen molar-refractivity contribution in [1.82, 2.24) is 0 Å². The molecule has 7 heteroatoms. The predicted molar refractivity (Wildman–Crippen MR) is 36.2 cm³/mol. The van der Waals surface area contributed by atoms with Gasteiger partial charge in [0.1, 0.15) is 5.54 Å². The lowest BCUT2D eigenvalue weighted by Crippen LogP contribution is -2.61. The molecule has 0 amide bonds. The number of hydrogen-bond acceptors (Lipinski definition) is 7. The van der Waals surface area contributed by atoms with Crippen LogP contribution in [0.1, 0.15) is 6.42 Å². The molecule has 74 valence electrons. The van der Waals surface area contributed by atoms with Gasteiger partial charge in [-0.3, -0.25) is 0 Å². The standard InChI is InChI=1S/C5H13NO6/c6-5(3(9)10,4(11)12)1-2(7)8/h2-4,7-12H,1,6H2. The van der Waals surface area contributed by atoms with E-state index >= 15 is 0 Å². The largest absolute Gasteiger partial charge is 0.368 e. The molecule has 8 N–H and O–H groups in total. The molecule has 0 unspecified atom stereocenters. The molecule has 0 rings (SSSR count). The first kappa shape index (κ1) is 11.7. The lowest BCUT2D eigenvalue weighted by Gasteiger charge is -2.32. The minimum atomic E-state index is -2.26. The van der Waals surface area contributed by atoms with E-state index in [1.54, 1.807) is 0 Å². The summed E-state index contributed by atoms with van der Waals surface area (Å²) in [5.41, 5.74) is 2.81. The first-order valence-electron chi connectivity index (χ1n) is 3.18. The van der Waals surface area contributed by atoms with Crippen LogP contribution in [0.2, 0.25) is 0 Å². The zero-order valence-electron chi connectivity index (χ0n) is 6.20. The van der Waals surface area contributed by atoms with Gasteiger partial charge in [-0.2, -0.15) is 0 Å². The van der Waals surface area contributed by atoms with Gasteiger partial charge in [0.15, 0.2) is 18.9 Å². The first-order chi connectivity index (χ1) is 5.30. The molecule has 0 bridgehead atoms. The maximum absolute atomic E-state index is 8.58. The quantitative estimate of drug-likeness (QED) is 0.220. The van der Waals surface area contributed by atoms with Crippen molar-refractivity contribution in [2.24, 2.45) is 5.73 Å². The molecule has 0 aliphatic rings. The van der Waals surface area contributed by atoms with Crippen LogP contribution in [0.5, 0.6) is 0 Å². The zero-order chi connectivity index (χ0) is 9.94. The molecule has 0 atom stereocenters. The third kappa shape index (κ3) is 2.64. The van der Waals surface area contributed by atoms with Gasteiger partial charge >= 0.3 is 0 Å². The van der Waals surface area contributed by atoms with Gasteiger partial charge < -0.3 is 36.4 Å². The Balaban J connectivity index is 4.40. The van der Waals surface area contributed by atoms with Crippen molar-refractivity contribution < 1.29 is 30.6 Å². The number of aliphatic hydroxyl groups is 6. The van der Waals surface area contributed by atoms with Gasteiger partial charge in [0, 0.05) is 6.42 Å². The molecular formula is C5H13NO6. The summed E-state index contributed by atoms with van der Waals surface area (Å²) in [7, 11) is 0. The molecule has 0 aromatic carbocycles. The highest BCUT2D eigenvalue weighted by Crippen LogP contribution is 2.16. The number of aliphatic hydroxyl groups excluding tert-OH is 3. The lowest BCUT2D eigenvalue weighted by molar-refractivity contribution is -0.213. The summed E-state index contributed by atoms with van der Waals surface area (Å²) in [5.74, 6) is 0. The molecule has 7 nitrogen and oxygen atoms in total. The molecule has 0 saturated carbocycles. The van der Waals surface area contributed by atoms with Crippen molar-refractivity contribution in [3.05, 3.63) is 0 Å². The predicted octanol–water partition coefficient (Wildman–Crippen LogP) is -3.99. The van der Waals surface area contributed by atoms with Crippen molar-refractivity contribution in [3.8, 4) is 0 Å². The number of rotatable bonds is 4. The third-order valence-corrected chi connectivity index (χ3v) is 1.50. The number of nitrogens with two attached hydrogens (primary N) is 1. The van der Waals surface area contributed by atoms with Gasteiger partial charge in [-0.1, -0.05) is 0 Å². The minimum absolute atomic E-state index is 0.762. The van der Waals surface area contributed by atoms with Gasteiger partial charge in [0.05, 0.1) is 0 Å². The van der Waals surface area contributed by atoms with Crippen molar-refractivity contribution in [1.29, 1.82) is 0 Å². The molecule has 0 aliphatic heterocycles. The molecular weight excluding hydrogens is 170 g/mol. The van der Waals surface area contributed by atoms with Gasteiger partial charge in [-0.05, 0) is 0 Å². The van der Waals surface area contributed by atoms with Crippen molar-refractivity contribution in [2.75, 3.05) is 0 Å². The zero-order valence-corrected chi connectivity index (χ0v) is 6.20. The smallest absolute Gasteiger partial charge is 0.175 e. The van der Waals surface area contributed by atoms with E-state index in [0.717, 1.165) is 0 Å². The molecule has 0 aliphatic carbocycles. The van der Waals surface area contributed by atoms with Gasteiger partial charge in [-0.25, -0.2) is 0 Å². The van der Waals surface area contributed by atoms with Crippen LogP contribution < -0.4 is 5.73 Å². The van der Waals surface area contributed by atoms with Crippen LogP contribution in [0.4, 0.5) is 0 Å². The Morgan fingerprint density at radius 2 is 1.25 bits per heavy atom. The Hall–Kier alpha value is -0.280. The highest BCUT2D eigenvalue weighted by Gasteiger charge is 2.41. The van der Waals surface area contributed by atoms with Crippen LogP contribution in [-0.4, -0.2) is 55.0 Å². The Bertz CT molecular complexity index is 128. The van der Waals surface area contributed by atoms with Gasteiger partial charge in [0.25, 0.3) is 0 Å². The van der Waals surface area contributed by atoms with E-state index in [9.17, 15) is 0 Å². The van der Waals surface area contributed by atoms with E-state index in [4.69, 9.17) is 36.4 Å². The third-order valence-electron chi connectivity index (χ3n) is 1.50. The Morgan fingerprint density at radius 3 is 1.33 bits per heavy atom. The molecule has 12 heavy (non-hydrogen) atoms. The summed E-state index contributed by atoms with van der Waals surface area (Å²) in [5, 5.41) is 51.1. The summed E-state index contributed by atoms with van der Waals surface area (Å²) in [6, 6.07) is 0. The van der Waals surface area contributed by atoms with E-state index < -0.39 is 30.8 Å². The minimum Gasteiger partial charge on any atom is -0.368 e. The molecule has 0 spiro atoms. The van der Waals surface area contributed by atoms with E-state index in [1.807, 2.05) is 0 Å². The molecule has 0 aromatic rings. The maximum atomic E-state index is 8.58. The summed E-state index contributed by atoms with van der Waals surface area (Å²) >= 11 is 0. The molecule has 0 saturated heterocycles. The highest BCUT2D eigenvalue weighted by molar-refractivity contribution is 4.89. The van der Waals surface area contributed by atoms with Crippen LogP contribution >= 0.6 is 0 Å². The van der Waals surface area contributed by atoms with Crippen LogP contribution in [0.15, 0.2) is 0 Å². The average Bonchev–Trinajstić information content (AvgIpc) is 1.84. The van der Waals surface area contributed by atoms with Gasteiger partial charge in [0.2, 0.25) is 0 Å². The van der Waals surface area contributed by atoms with Crippen LogP contribution in [0.25, 0.3) is 0 Å². The van der Waals surface area contributed by atoms with E-state index in [1.165, 1.54) is 0 Å². The fourth-order valence-corrected chi connectivity index (χ4v) is 0.660. The first-order valence-corrected chi connectivity index (χ1v) is 3.18. The Morgan fingerprint density at radius 1 is 0.917 bits per heavy atom. The summed E-state index contributed by atoms with van der Waals surface area (Å²) in [6.45, 7) is 0. The van der Waals surface area contributed by atoms with Crippen molar-refractivity contribution >= 4 is 0 Å². The second kappa shape index (κ2) is 4.10. The molecule has 0 heterocycles. The lowest BCUT2D eigenvalue weighted by atomic mass is 9.94. The van der Waals surface area contributed by atoms with Crippen LogP contribution in [0.3, 0.4) is 0 Å². The van der Waals surface area contributed by atoms with Crippen molar-refractivity contribution in [2.45, 2.75) is 30.8 Å². The summed E-state index contributed by atoms with van der Waals surface area (Å²) in [6.07, 6.45) is -7.21. The Kier molecular flexibility index (Phi) is 4.00. The van der Waals surface area contributed by atoms with Crippen LogP contribution in [0, 0.1) is 0 Å². The second-order valence-electron chi connectivity index (χ2n) is 2.54. The van der Waals surface area contributed by atoms with Crippen molar-refractivity contribution in [3.63, 3.8) is 0 Å². The Labute approximate surface area is 68.3 Å². The maximum Gasteiger partial charge on any atom is 0.175 e.